The summed E-state index contributed by atoms with van der Waals surface area (Å²) in [5.74, 6) is 0.463. The molecular formula is C22H22Cl2N4O3. The fraction of sp³-hybridized carbons (Fsp3) is 0.318. The zero-order chi connectivity index (χ0) is 22.0. The van der Waals surface area contributed by atoms with E-state index in [2.05, 4.69) is 15.3 Å². The van der Waals surface area contributed by atoms with Crippen molar-refractivity contribution in [3.63, 3.8) is 0 Å². The van der Waals surface area contributed by atoms with Crippen LogP contribution in [0.25, 0.3) is 11.3 Å². The third-order valence-electron chi connectivity index (χ3n) is 5.47. The maximum Gasteiger partial charge on any atom is 0.251 e. The molecule has 2 heterocycles. The van der Waals surface area contributed by atoms with Gasteiger partial charge in [-0.15, -0.1) is 0 Å². The Bertz CT molecular complexity index is 1140. The van der Waals surface area contributed by atoms with E-state index in [1.165, 1.54) is 10.6 Å². The van der Waals surface area contributed by atoms with Crippen LogP contribution in [0.15, 0.2) is 53.6 Å². The van der Waals surface area contributed by atoms with Crippen LogP contribution in [-0.4, -0.2) is 43.5 Å². The summed E-state index contributed by atoms with van der Waals surface area (Å²) in [4.78, 5) is 21.6. The summed E-state index contributed by atoms with van der Waals surface area (Å²) in [6.07, 6.45) is 5.27. The zero-order valence-corrected chi connectivity index (χ0v) is 18.1. The summed E-state index contributed by atoms with van der Waals surface area (Å²) in [6, 6.07) is 9.54. The molecule has 3 N–H and O–H groups in total. The highest BCUT2D eigenvalue weighted by atomic mass is 35.5. The third-order valence-corrected chi connectivity index (χ3v) is 6.21. The number of hydrogen-bond acceptors (Lipinski definition) is 6. The Hall–Kier alpha value is -2.45. The molecule has 3 atom stereocenters. The first-order chi connectivity index (χ1) is 14.9. The SMILES string of the molecule is O=c1cc(-c2ccnc(NC3CCC(O)C3)n2)ccn1C(CO)c1ccc(Cl)c(Cl)c1. The maximum absolute atomic E-state index is 12.8. The van der Waals surface area contributed by atoms with Gasteiger partial charge in [0.05, 0.1) is 34.5 Å². The fourth-order valence-electron chi connectivity index (χ4n) is 3.84. The monoisotopic (exact) mass is 460 g/mol. The van der Waals surface area contributed by atoms with E-state index in [4.69, 9.17) is 23.2 Å². The molecular weight excluding hydrogens is 439 g/mol. The van der Waals surface area contributed by atoms with Gasteiger partial charge in [0.2, 0.25) is 5.95 Å². The lowest BCUT2D eigenvalue weighted by atomic mass is 10.1. The van der Waals surface area contributed by atoms with Crippen LogP contribution in [0.3, 0.4) is 0 Å². The average Bonchev–Trinajstić information content (AvgIpc) is 3.17. The number of aliphatic hydroxyl groups excluding tert-OH is 2. The Morgan fingerprint density at radius 3 is 2.68 bits per heavy atom. The summed E-state index contributed by atoms with van der Waals surface area (Å²) in [5, 5.41) is 23.6. The molecule has 1 aromatic carbocycles. The second kappa shape index (κ2) is 9.36. The minimum Gasteiger partial charge on any atom is -0.394 e. The number of anilines is 1. The van der Waals surface area contributed by atoms with Crippen LogP contribution in [0.5, 0.6) is 0 Å². The third kappa shape index (κ3) is 4.91. The lowest BCUT2D eigenvalue weighted by molar-refractivity contribution is 0.182. The molecule has 0 bridgehead atoms. The molecule has 162 valence electrons. The predicted molar refractivity (Wildman–Crippen MR) is 121 cm³/mol. The lowest BCUT2D eigenvalue weighted by Crippen LogP contribution is -2.26. The highest BCUT2D eigenvalue weighted by Crippen LogP contribution is 2.27. The topological polar surface area (TPSA) is 100 Å². The first kappa shape index (κ1) is 21.8. The van der Waals surface area contributed by atoms with Gasteiger partial charge in [0.1, 0.15) is 0 Å². The van der Waals surface area contributed by atoms with Gasteiger partial charge in [-0.1, -0.05) is 29.3 Å². The Kier molecular flexibility index (Phi) is 6.57. The number of pyridine rings is 1. The smallest absolute Gasteiger partial charge is 0.251 e. The van der Waals surface area contributed by atoms with Gasteiger partial charge in [-0.25, -0.2) is 9.97 Å². The largest absolute Gasteiger partial charge is 0.394 e. The van der Waals surface area contributed by atoms with Crippen molar-refractivity contribution < 1.29 is 10.2 Å². The van der Waals surface area contributed by atoms with E-state index in [0.29, 0.717) is 39.2 Å². The molecule has 1 aliphatic rings. The molecule has 0 aliphatic heterocycles. The predicted octanol–water partition coefficient (Wildman–Crippen LogP) is 3.52. The average molecular weight is 461 g/mol. The molecule has 0 radical (unpaired) electrons. The van der Waals surface area contributed by atoms with Crippen LogP contribution >= 0.6 is 23.2 Å². The summed E-state index contributed by atoms with van der Waals surface area (Å²) < 4.78 is 1.45. The quantitative estimate of drug-likeness (QED) is 0.520. The summed E-state index contributed by atoms with van der Waals surface area (Å²) >= 11 is 12.1. The van der Waals surface area contributed by atoms with E-state index in [1.807, 2.05) is 0 Å². The summed E-state index contributed by atoms with van der Waals surface area (Å²) in [5.41, 5.74) is 1.65. The molecule has 3 unspecified atom stereocenters. The summed E-state index contributed by atoms with van der Waals surface area (Å²) in [6.45, 7) is -0.272. The molecule has 1 aliphatic carbocycles. The molecule has 2 aromatic heterocycles. The molecule has 4 rings (SSSR count). The molecule has 0 spiro atoms. The van der Waals surface area contributed by atoms with Crippen molar-refractivity contribution in [3.8, 4) is 11.3 Å². The van der Waals surface area contributed by atoms with Crippen molar-refractivity contribution in [1.29, 1.82) is 0 Å². The van der Waals surface area contributed by atoms with Gasteiger partial charge in [-0.05, 0) is 49.1 Å². The number of halogens is 2. The highest BCUT2D eigenvalue weighted by Gasteiger charge is 2.23. The van der Waals surface area contributed by atoms with E-state index in [0.717, 1.165) is 12.8 Å². The van der Waals surface area contributed by atoms with Crippen molar-refractivity contribution in [3.05, 3.63) is 74.8 Å². The lowest BCUT2D eigenvalue weighted by Gasteiger charge is -2.19. The van der Waals surface area contributed by atoms with E-state index < -0.39 is 6.04 Å². The molecule has 3 aromatic rings. The second-order valence-electron chi connectivity index (χ2n) is 7.61. The first-order valence-electron chi connectivity index (χ1n) is 10.0. The van der Waals surface area contributed by atoms with Gasteiger partial charge >= 0.3 is 0 Å². The van der Waals surface area contributed by atoms with Gasteiger partial charge in [0.25, 0.3) is 5.56 Å². The van der Waals surface area contributed by atoms with Crippen LogP contribution < -0.4 is 10.9 Å². The van der Waals surface area contributed by atoms with Gasteiger partial charge in [-0.3, -0.25) is 4.79 Å². The number of nitrogens with zero attached hydrogens (tertiary/aromatic N) is 3. The molecule has 0 amide bonds. The van der Waals surface area contributed by atoms with Gasteiger partial charge in [-0.2, -0.15) is 0 Å². The fourth-order valence-corrected chi connectivity index (χ4v) is 4.15. The number of nitrogens with one attached hydrogen (secondary N) is 1. The number of aromatic nitrogens is 3. The van der Waals surface area contributed by atoms with Gasteiger partial charge < -0.3 is 20.1 Å². The number of benzene rings is 1. The minimum atomic E-state index is -0.590. The first-order valence-corrected chi connectivity index (χ1v) is 10.8. The Labute approximate surface area is 189 Å². The number of hydrogen-bond donors (Lipinski definition) is 3. The minimum absolute atomic E-state index is 0.134. The van der Waals surface area contributed by atoms with E-state index >= 15 is 0 Å². The van der Waals surface area contributed by atoms with E-state index in [9.17, 15) is 15.0 Å². The Morgan fingerprint density at radius 2 is 2.00 bits per heavy atom. The molecule has 1 fully saturated rings. The van der Waals surface area contributed by atoms with Crippen molar-refractivity contribution in [2.24, 2.45) is 0 Å². The highest BCUT2D eigenvalue weighted by molar-refractivity contribution is 6.42. The Balaban J connectivity index is 1.59. The zero-order valence-electron chi connectivity index (χ0n) is 16.6. The molecule has 0 saturated heterocycles. The van der Waals surface area contributed by atoms with Crippen molar-refractivity contribution >= 4 is 29.2 Å². The van der Waals surface area contributed by atoms with Crippen LogP contribution in [0.4, 0.5) is 5.95 Å². The van der Waals surface area contributed by atoms with Crippen LogP contribution in [0, 0.1) is 0 Å². The van der Waals surface area contributed by atoms with Gasteiger partial charge in [0.15, 0.2) is 0 Å². The normalized spacial score (nSPS) is 19.4. The van der Waals surface area contributed by atoms with E-state index in [-0.39, 0.29) is 24.3 Å². The van der Waals surface area contributed by atoms with E-state index in [1.54, 1.807) is 42.7 Å². The number of rotatable bonds is 6. The molecule has 1 saturated carbocycles. The van der Waals surface area contributed by atoms with Crippen molar-refractivity contribution in [2.45, 2.75) is 37.5 Å². The van der Waals surface area contributed by atoms with Crippen LogP contribution in [-0.2, 0) is 0 Å². The maximum atomic E-state index is 12.8. The Morgan fingerprint density at radius 1 is 1.16 bits per heavy atom. The molecule has 9 heteroatoms. The molecule has 7 nitrogen and oxygen atoms in total. The number of aliphatic hydroxyl groups is 2. The molecule has 31 heavy (non-hydrogen) atoms. The van der Waals surface area contributed by atoms with Crippen LogP contribution in [0.1, 0.15) is 30.9 Å². The second-order valence-corrected chi connectivity index (χ2v) is 8.42. The van der Waals surface area contributed by atoms with Crippen LogP contribution in [0.2, 0.25) is 10.0 Å². The van der Waals surface area contributed by atoms with Gasteiger partial charge in [0, 0.05) is 30.1 Å². The standard InChI is InChI=1S/C22H22Cl2N4O3/c23-17-4-1-14(9-18(17)24)20(12-29)28-8-6-13(10-21(28)31)19-5-7-25-22(27-19)26-15-2-3-16(30)11-15/h1,4-10,15-16,20,29-30H,2-3,11-12H2,(H,25,26,27). The van der Waals surface area contributed by atoms with Crippen molar-refractivity contribution in [1.82, 2.24) is 14.5 Å². The van der Waals surface area contributed by atoms with Crippen molar-refractivity contribution in [2.75, 3.05) is 11.9 Å². The summed E-state index contributed by atoms with van der Waals surface area (Å²) in [7, 11) is 0.